The van der Waals surface area contributed by atoms with Crippen LogP contribution >= 0.6 is 0 Å². The second-order valence-electron chi connectivity index (χ2n) is 10.8. The van der Waals surface area contributed by atoms with Crippen molar-refractivity contribution in [2.75, 3.05) is 18.0 Å². The number of halogens is 1. The van der Waals surface area contributed by atoms with Crippen LogP contribution in [0, 0.1) is 5.82 Å². The molecule has 1 unspecified atom stereocenters. The van der Waals surface area contributed by atoms with Gasteiger partial charge in [-0.1, -0.05) is 0 Å². The van der Waals surface area contributed by atoms with E-state index < -0.39 is 11.7 Å². The van der Waals surface area contributed by atoms with Gasteiger partial charge in [0.15, 0.2) is 0 Å². The first-order valence-electron chi connectivity index (χ1n) is 12.6. The highest BCUT2D eigenvalue weighted by molar-refractivity contribution is 5.91. The number of amides is 2. The molecule has 2 aromatic carbocycles. The zero-order valence-corrected chi connectivity index (χ0v) is 21.8. The SMILES string of the molecule is CC1CCc2c(ccc(-c3cnn(C4CN(C(=O)OC(C)(C)C)C4)c3)c2Oc2ccc(F)cc2)N1C(=O)O. The molecule has 2 aliphatic heterocycles. The van der Waals surface area contributed by atoms with E-state index in [1.807, 2.05) is 44.6 Å². The Morgan fingerprint density at radius 3 is 2.47 bits per heavy atom. The van der Waals surface area contributed by atoms with E-state index in [0.29, 0.717) is 43.1 Å². The van der Waals surface area contributed by atoms with Gasteiger partial charge in [-0.3, -0.25) is 9.58 Å². The van der Waals surface area contributed by atoms with Gasteiger partial charge >= 0.3 is 12.2 Å². The summed E-state index contributed by atoms with van der Waals surface area (Å²) >= 11 is 0. The quantitative estimate of drug-likeness (QED) is 0.445. The number of carboxylic acid groups (broad SMARTS) is 1. The number of fused-ring (bicyclic) bond motifs is 1. The molecule has 0 bridgehead atoms. The first-order chi connectivity index (χ1) is 18.0. The number of rotatable bonds is 4. The fourth-order valence-corrected chi connectivity index (χ4v) is 4.84. The first kappa shape index (κ1) is 25.6. The van der Waals surface area contributed by atoms with Gasteiger partial charge in [0.25, 0.3) is 0 Å². The number of ether oxygens (including phenoxy) is 2. The molecule has 5 rings (SSSR count). The Morgan fingerprint density at radius 1 is 1.11 bits per heavy atom. The van der Waals surface area contributed by atoms with Crippen molar-refractivity contribution in [1.82, 2.24) is 14.7 Å². The van der Waals surface area contributed by atoms with Crippen LogP contribution < -0.4 is 9.64 Å². The van der Waals surface area contributed by atoms with E-state index in [4.69, 9.17) is 9.47 Å². The Kier molecular flexibility index (Phi) is 6.50. The monoisotopic (exact) mass is 522 g/mol. The Balaban J connectivity index is 1.45. The summed E-state index contributed by atoms with van der Waals surface area (Å²) in [4.78, 5) is 27.4. The van der Waals surface area contributed by atoms with E-state index in [2.05, 4.69) is 5.10 Å². The first-order valence-corrected chi connectivity index (χ1v) is 12.6. The maximum atomic E-state index is 13.5. The Labute approximate surface area is 220 Å². The molecule has 0 radical (unpaired) electrons. The predicted octanol–water partition coefficient (Wildman–Crippen LogP) is 6.09. The Morgan fingerprint density at radius 2 is 1.82 bits per heavy atom. The molecule has 1 fully saturated rings. The third-order valence-corrected chi connectivity index (χ3v) is 6.79. The highest BCUT2D eigenvalue weighted by atomic mass is 19.1. The van der Waals surface area contributed by atoms with Gasteiger partial charge in [-0.05, 0) is 76.9 Å². The maximum Gasteiger partial charge on any atom is 0.412 e. The predicted molar refractivity (Wildman–Crippen MR) is 139 cm³/mol. The summed E-state index contributed by atoms with van der Waals surface area (Å²) in [5.74, 6) is 0.595. The summed E-state index contributed by atoms with van der Waals surface area (Å²) in [5.41, 5.74) is 2.35. The molecule has 1 atom stereocenters. The van der Waals surface area contributed by atoms with Crippen molar-refractivity contribution in [3.63, 3.8) is 0 Å². The molecule has 1 aromatic heterocycles. The normalized spacial score (nSPS) is 17.6. The fourth-order valence-electron chi connectivity index (χ4n) is 4.84. The van der Waals surface area contributed by atoms with Crippen molar-refractivity contribution in [2.24, 2.45) is 0 Å². The van der Waals surface area contributed by atoms with Crippen molar-refractivity contribution >= 4 is 17.9 Å². The minimum Gasteiger partial charge on any atom is -0.465 e. The van der Waals surface area contributed by atoms with Crippen LogP contribution in [0.5, 0.6) is 11.5 Å². The minimum absolute atomic E-state index is 0.0127. The molecule has 200 valence electrons. The molecule has 10 heteroatoms. The standard InChI is InChI=1S/C28H31FN4O5/c1-17-5-10-23-24(33(17)26(34)35)12-11-22(25(23)37-21-8-6-19(29)7-9-21)18-13-30-32(14-18)20-15-31(16-20)27(36)38-28(2,3)4/h6-9,11-14,17,20H,5,10,15-16H2,1-4H3,(H,34,35). The summed E-state index contributed by atoms with van der Waals surface area (Å²) in [6, 6.07) is 9.21. The van der Waals surface area contributed by atoms with Crippen LogP contribution in [-0.2, 0) is 11.2 Å². The van der Waals surface area contributed by atoms with Crippen molar-refractivity contribution in [1.29, 1.82) is 0 Å². The number of likely N-dealkylation sites (tertiary alicyclic amines) is 1. The van der Waals surface area contributed by atoms with Crippen molar-refractivity contribution < 1.29 is 28.6 Å². The van der Waals surface area contributed by atoms with Crippen LogP contribution in [0.3, 0.4) is 0 Å². The van der Waals surface area contributed by atoms with Gasteiger partial charge in [0.05, 0.1) is 17.9 Å². The van der Waals surface area contributed by atoms with Crippen LogP contribution in [0.25, 0.3) is 11.1 Å². The number of anilines is 1. The minimum atomic E-state index is -1.02. The van der Waals surface area contributed by atoms with E-state index >= 15 is 0 Å². The van der Waals surface area contributed by atoms with Crippen molar-refractivity contribution in [2.45, 2.75) is 58.2 Å². The van der Waals surface area contributed by atoms with Crippen LogP contribution in [0.4, 0.5) is 19.7 Å². The molecule has 0 spiro atoms. The fraction of sp³-hybridized carbons (Fsp3) is 0.393. The number of carbonyl (C=O) groups is 2. The highest BCUT2D eigenvalue weighted by Crippen LogP contribution is 2.45. The average molecular weight is 523 g/mol. The number of nitrogens with zero attached hydrogens (tertiary/aromatic N) is 4. The van der Waals surface area contributed by atoms with Gasteiger partial charge in [-0.2, -0.15) is 5.10 Å². The van der Waals surface area contributed by atoms with E-state index in [1.165, 1.54) is 17.0 Å². The summed E-state index contributed by atoms with van der Waals surface area (Å²) in [7, 11) is 0. The molecule has 2 amide bonds. The number of carbonyl (C=O) groups excluding carboxylic acids is 1. The largest absolute Gasteiger partial charge is 0.465 e. The Bertz CT molecular complexity index is 1360. The smallest absolute Gasteiger partial charge is 0.412 e. The lowest BCUT2D eigenvalue weighted by atomic mass is 9.92. The molecule has 2 aliphatic rings. The number of aromatic nitrogens is 2. The Hall–Kier alpha value is -4.08. The summed E-state index contributed by atoms with van der Waals surface area (Å²) in [5, 5.41) is 14.4. The van der Waals surface area contributed by atoms with Gasteiger partial charge in [-0.25, -0.2) is 14.0 Å². The second-order valence-corrected chi connectivity index (χ2v) is 10.8. The van der Waals surface area contributed by atoms with E-state index in [0.717, 1.165) is 16.7 Å². The molecule has 1 N–H and O–H groups in total. The lowest BCUT2D eigenvalue weighted by Gasteiger charge is -2.39. The molecule has 0 aliphatic carbocycles. The third kappa shape index (κ3) is 5.03. The van der Waals surface area contributed by atoms with Crippen molar-refractivity contribution in [3.8, 4) is 22.6 Å². The molecule has 38 heavy (non-hydrogen) atoms. The van der Waals surface area contributed by atoms with Crippen LogP contribution in [0.2, 0.25) is 0 Å². The zero-order valence-electron chi connectivity index (χ0n) is 21.8. The average Bonchev–Trinajstić information content (AvgIpc) is 3.27. The lowest BCUT2D eigenvalue weighted by molar-refractivity contribution is -0.000388. The van der Waals surface area contributed by atoms with Gasteiger partial charge < -0.3 is 19.5 Å². The van der Waals surface area contributed by atoms with Crippen molar-refractivity contribution in [3.05, 3.63) is 60.2 Å². The van der Waals surface area contributed by atoms with Gasteiger partial charge in [0.1, 0.15) is 22.9 Å². The number of hydrogen-bond donors (Lipinski definition) is 1. The third-order valence-electron chi connectivity index (χ3n) is 6.79. The zero-order chi connectivity index (χ0) is 27.2. The number of benzene rings is 2. The summed E-state index contributed by atoms with van der Waals surface area (Å²) in [6.07, 6.45) is 3.54. The molecule has 0 saturated carbocycles. The molecule has 9 nitrogen and oxygen atoms in total. The summed E-state index contributed by atoms with van der Waals surface area (Å²) in [6.45, 7) is 8.37. The van der Waals surface area contributed by atoms with Crippen LogP contribution in [-0.4, -0.2) is 56.7 Å². The summed E-state index contributed by atoms with van der Waals surface area (Å²) < 4.78 is 27.1. The highest BCUT2D eigenvalue weighted by Gasteiger charge is 2.36. The van der Waals surface area contributed by atoms with E-state index in [9.17, 15) is 19.1 Å². The van der Waals surface area contributed by atoms with E-state index in [1.54, 1.807) is 29.3 Å². The van der Waals surface area contributed by atoms with Crippen LogP contribution in [0.15, 0.2) is 48.8 Å². The number of hydrogen-bond acceptors (Lipinski definition) is 5. The van der Waals surface area contributed by atoms with E-state index in [-0.39, 0.29) is 24.0 Å². The second kappa shape index (κ2) is 9.66. The lowest BCUT2D eigenvalue weighted by Crippen LogP contribution is -2.52. The molecule has 1 saturated heterocycles. The topological polar surface area (TPSA) is 97.1 Å². The molecular weight excluding hydrogens is 491 g/mol. The molecule has 3 heterocycles. The van der Waals surface area contributed by atoms with Gasteiger partial charge in [-0.15, -0.1) is 0 Å². The van der Waals surface area contributed by atoms with Crippen LogP contribution in [0.1, 0.15) is 45.7 Å². The molecule has 3 aromatic rings. The maximum absolute atomic E-state index is 13.5. The van der Waals surface area contributed by atoms with Gasteiger partial charge in [0.2, 0.25) is 0 Å². The molecular formula is C28H31FN4O5. The van der Waals surface area contributed by atoms with Gasteiger partial charge in [0, 0.05) is 42.0 Å².